The number of hydrogen-bond donors (Lipinski definition) is 2. The summed E-state index contributed by atoms with van der Waals surface area (Å²) in [5.41, 5.74) is 8.05. The van der Waals surface area contributed by atoms with E-state index in [0.29, 0.717) is 16.5 Å². The number of thiophene rings is 1. The predicted octanol–water partition coefficient (Wildman–Crippen LogP) is 3.56. The summed E-state index contributed by atoms with van der Waals surface area (Å²) in [6.07, 6.45) is -0.360. The Labute approximate surface area is 211 Å². The zero-order valence-corrected chi connectivity index (χ0v) is 21.9. The topological polar surface area (TPSA) is 138 Å². The van der Waals surface area contributed by atoms with E-state index in [-0.39, 0.29) is 33.2 Å². The van der Waals surface area contributed by atoms with Crippen LogP contribution in [0.2, 0.25) is 0 Å². The molecule has 0 bridgehead atoms. The van der Waals surface area contributed by atoms with Gasteiger partial charge in [-0.25, -0.2) is 4.79 Å². The first-order chi connectivity index (χ1) is 16.5. The van der Waals surface area contributed by atoms with E-state index in [2.05, 4.69) is 15.5 Å². The Bertz CT molecular complexity index is 1280. The minimum Gasteiger partial charge on any atom is -0.482 e. The molecule has 1 unspecified atom stereocenters. The van der Waals surface area contributed by atoms with Crippen LogP contribution < -0.4 is 15.8 Å². The van der Waals surface area contributed by atoms with Crippen LogP contribution in [0.4, 0.5) is 5.00 Å². The largest absolute Gasteiger partial charge is 0.482 e. The van der Waals surface area contributed by atoms with Gasteiger partial charge in [0.25, 0.3) is 5.91 Å². The number of thioether (sulfide) groups is 1. The van der Waals surface area contributed by atoms with Gasteiger partial charge in [0.1, 0.15) is 10.8 Å². The molecule has 12 heteroatoms. The fourth-order valence-corrected chi connectivity index (χ4v) is 5.24. The van der Waals surface area contributed by atoms with Crippen LogP contribution in [0.5, 0.6) is 5.75 Å². The van der Waals surface area contributed by atoms with Crippen molar-refractivity contribution < 1.29 is 23.9 Å². The molecule has 0 aliphatic carbocycles. The van der Waals surface area contributed by atoms with Gasteiger partial charge in [0, 0.05) is 7.05 Å². The highest BCUT2D eigenvalue weighted by Gasteiger charge is 2.26. The molecule has 10 nitrogen and oxygen atoms in total. The van der Waals surface area contributed by atoms with E-state index in [1.54, 1.807) is 18.5 Å². The van der Waals surface area contributed by atoms with Crippen molar-refractivity contribution >= 4 is 45.9 Å². The maximum Gasteiger partial charge on any atom is 0.341 e. The quantitative estimate of drug-likeness (QED) is 0.325. The third-order valence-corrected chi connectivity index (χ3v) is 7.45. The van der Waals surface area contributed by atoms with E-state index >= 15 is 0 Å². The van der Waals surface area contributed by atoms with E-state index in [1.165, 1.54) is 18.9 Å². The summed E-state index contributed by atoms with van der Waals surface area (Å²) in [6, 6.07) is 5.96. The second-order valence-electron chi connectivity index (χ2n) is 7.88. The molecular formula is C23H27N5O5S2. The zero-order valence-electron chi connectivity index (χ0n) is 20.3. The van der Waals surface area contributed by atoms with E-state index in [4.69, 9.17) is 15.2 Å². The van der Waals surface area contributed by atoms with E-state index in [0.717, 1.165) is 28.2 Å². The zero-order chi connectivity index (χ0) is 25.9. The van der Waals surface area contributed by atoms with Gasteiger partial charge in [-0.1, -0.05) is 29.5 Å². The van der Waals surface area contributed by atoms with Crippen molar-refractivity contribution in [3.8, 4) is 5.75 Å². The normalized spacial score (nSPS) is 11.7. The fraction of sp³-hybridized carbons (Fsp3) is 0.348. The number of anilines is 1. The number of amides is 2. The van der Waals surface area contributed by atoms with Crippen LogP contribution in [0.15, 0.2) is 23.4 Å². The van der Waals surface area contributed by atoms with Gasteiger partial charge in [-0.3, -0.25) is 9.59 Å². The van der Waals surface area contributed by atoms with Gasteiger partial charge in [0.05, 0.1) is 23.3 Å². The lowest BCUT2D eigenvalue weighted by atomic mass is 10.1. The molecule has 2 aromatic heterocycles. The number of ether oxygens (including phenoxy) is 2. The number of rotatable bonds is 9. The van der Waals surface area contributed by atoms with Crippen molar-refractivity contribution in [2.24, 2.45) is 12.8 Å². The van der Waals surface area contributed by atoms with Crippen molar-refractivity contribution in [3.63, 3.8) is 0 Å². The van der Waals surface area contributed by atoms with E-state index in [9.17, 15) is 14.4 Å². The molecule has 35 heavy (non-hydrogen) atoms. The Morgan fingerprint density at radius 1 is 1.23 bits per heavy atom. The average Bonchev–Trinajstić information content (AvgIpc) is 3.33. The molecule has 3 aromatic rings. The van der Waals surface area contributed by atoms with Crippen LogP contribution in [0, 0.1) is 20.8 Å². The first-order valence-electron chi connectivity index (χ1n) is 10.6. The lowest BCUT2D eigenvalue weighted by Gasteiger charge is -2.16. The van der Waals surface area contributed by atoms with Crippen LogP contribution in [0.25, 0.3) is 0 Å². The smallest absolute Gasteiger partial charge is 0.341 e. The number of methoxy groups -OCH3 is 1. The number of nitrogens with two attached hydrogens (primary N) is 1. The molecule has 0 saturated carbocycles. The standard InChI is InChI=1S/C23H27N5O5S2/c1-11-7-8-15(12(2)9-11)33-14(4)20-26-27-23(28(20)5)34-10-16(29)25-21-17(22(31)32-6)13(3)18(35-21)19(24)30/h7-9,14H,10H2,1-6H3,(H2,24,30)(H,25,29). The molecule has 3 N–H and O–H groups in total. The summed E-state index contributed by atoms with van der Waals surface area (Å²) in [5, 5.41) is 11.8. The lowest BCUT2D eigenvalue weighted by Crippen LogP contribution is -2.16. The minimum atomic E-state index is -0.684. The number of benzene rings is 1. The van der Waals surface area contributed by atoms with Crippen LogP contribution in [0.1, 0.15) is 55.6 Å². The van der Waals surface area contributed by atoms with Crippen molar-refractivity contribution in [2.75, 3.05) is 18.2 Å². The van der Waals surface area contributed by atoms with Gasteiger partial charge in [-0.05, 0) is 44.9 Å². The Hall–Kier alpha value is -3.38. The number of carbonyl (C=O) groups excluding carboxylic acids is 3. The summed E-state index contributed by atoms with van der Waals surface area (Å²) < 4.78 is 12.6. The molecule has 0 aliphatic rings. The number of hydrogen-bond acceptors (Lipinski definition) is 9. The Balaban J connectivity index is 1.68. The molecular weight excluding hydrogens is 490 g/mol. The molecule has 2 heterocycles. The summed E-state index contributed by atoms with van der Waals surface area (Å²) in [7, 11) is 3.02. The predicted molar refractivity (Wildman–Crippen MR) is 134 cm³/mol. The number of aromatic nitrogens is 3. The lowest BCUT2D eigenvalue weighted by molar-refractivity contribution is -0.113. The molecule has 0 radical (unpaired) electrons. The van der Waals surface area contributed by atoms with E-state index in [1.807, 2.05) is 39.0 Å². The third kappa shape index (κ3) is 5.82. The van der Waals surface area contributed by atoms with Crippen LogP contribution in [-0.2, 0) is 16.6 Å². The third-order valence-electron chi connectivity index (χ3n) is 5.21. The van der Waals surface area contributed by atoms with Gasteiger partial charge in [0.2, 0.25) is 5.91 Å². The van der Waals surface area contributed by atoms with Gasteiger partial charge >= 0.3 is 5.97 Å². The number of nitrogens with zero attached hydrogens (tertiary/aromatic N) is 3. The van der Waals surface area contributed by atoms with Crippen LogP contribution in [0.3, 0.4) is 0 Å². The second-order valence-corrected chi connectivity index (χ2v) is 9.84. The molecule has 1 atom stereocenters. The highest BCUT2D eigenvalue weighted by Crippen LogP contribution is 2.34. The van der Waals surface area contributed by atoms with Crippen molar-refractivity contribution in [1.82, 2.24) is 14.8 Å². The molecule has 0 aliphatic heterocycles. The highest BCUT2D eigenvalue weighted by atomic mass is 32.2. The van der Waals surface area contributed by atoms with E-state index < -0.39 is 11.9 Å². The van der Waals surface area contributed by atoms with Crippen molar-refractivity contribution in [3.05, 3.63) is 51.2 Å². The molecule has 0 fully saturated rings. The Morgan fingerprint density at radius 3 is 2.57 bits per heavy atom. The summed E-state index contributed by atoms with van der Waals surface area (Å²) >= 11 is 2.12. The Kier molecular flexibility index (Phi) is 8.18. The minimum absolute atomic E-state index is 0.00173. The van der Waals surface area contributed by atoms with Gasteiger partial charge < -0.3 is 25.1 Å². The molecule has 2 amide bonds. The number of aryl methyl sites for hydroxylation is 2. The number of primary amides is 1. The number of carbonyl (C=O) groups is 3. The average molecular weight is 518 g/mol. The molecule has 3 rings (SSSR count). The van der Waals surface area contributed by atoms with Gasteiger partial charge in [-0.15, -0.1) is 21.5 Å². The van der Waals surface area contributed by atoms with Crippen LogP contribution >= 0.6 is 23.1 Å². The first kappa shape index (κ1) is 26.2. The second kappa shape index (κ2) is 10.9. The van der Waals surface area contributed by atoms with Crippen molar-refractivity contribution in [2.45, 2.75) is 39.0 Å². The molecule has 1 aromatic carbocycles. The summed E-state index contributed by atoms with van der Waals surface area (Å²) in [5.74, 6) is -0.354. The number of esters is 1. The maximum atomic E-state index is 12.6. The van der Waals surface area contributed by atoms with Crippen molar-refractivity contribution in [1.29, 1.82) is 0 Å². The molecule has 0 saturated heterocycles. The van der Waals surface area contributed by atoms with Gasteiger partial charge in [-0.2, -0.15) is 0 Å². The van der Waals surface area contributed by atoms with Gasteiger partial charge in [0.15, 0.2) is 17.1 Å². The molecule has 0 spiro atoms. The van der Waals surface area contributed by atoms with Crippen LogP contribution in [-0.4, -0.2) is 45.4 Å². The summed E-state index contributed by atoms with van der Waals surface area (Å²) in [4.78, 5) is 36.7. The number of nitrogens with one attached hydrogen (secondary N) is 1. The highest BCUT2D eigenvalue weighted by molar-refractivity contribution is 7.99. The maximum absolute atomic E-state index is 12.6. The fourth-order valence-electron chi connectivity index (χ4n) is 3.46. The summed E-state index contributed by atoms with van der Waals surface area (Å²) in [6.45, 7) is 7.47. The Morgan fingerprint density at radius 2 is 1.94 bits per heavy atom. The first-order valence-corrected chi connectivity index (χ1v) is 12.4. The monoisotopic (exact) mass is 517 g/mol. The SMILES string of the molecule is COC(=O)c1c(NC(=O)CSc2nnc(C(C)Oc3ccc(C)cc3C)n2C)sc(C(N)=O)c1C. The molecule has 186 valence electrons.